The molecule has 0 bridgehead atoms. The number of hydrogen-bond acceptors (Lipinski definition) is 2. The first-order valence-electron chi connectivity index (χ1n) is 6.95. The topological polar surface area (TPSA) is 34.0 Å². The molecule has 0 saturated carbocycles. The first-order chi connectivity index (χ1) is 10.1. The molecule has 0 aliphatic carbocycles. The second-order valence-electron chi connectivity index (χ2n) is 4.97. The van der Waals surface area contributed by atoms with Crippen LogP contribution < -0.4 is 5.32 Å². The van der Waals surface area contributed by atoms with Crippen LogP contribution in [0.2, 0.25) is 0 Å². The molecule has 0 radical (unpaired) electrons. The lowest BCUT2D eigenvalue weighted by molar-refractivity contribution is -0.114. The van der Waals surface area contributed by atoms with Crippen LogP contribution in [0.5, 0.6) is 0 Å². The number of nitrogens with one attached hydrogen (secondary N) is 1. The van der Waals surface area contributed by atoms with Gasteiger partial charge >= 0.3 is 0 Å². The molecule has 0 spiro atoms. The van der Waals surface area contributed by atoms with E-state index >= 15 is 0 Å². The Kier molecular flexibility index (Phi) is 3.47. The second kappa shape index (κ2) is 5.30. The van der Waals surface area contributed by atoms with Crippen molar-refractivity contribution in [3.63, 3.8) is 0 Å². The van der Waals surface area contributed by atoms with E-state index in [0.29, 0.717) is 0 Å². The molecule has 106 valence electrons. The highest BCUT2D eigenvalue weighted by atomic mass is 32.1. The summed E-state index contributed by atoms with van der Waals surface area (Å²) in [7, 11) is 0. The Hall–Kier alpha value is -2.20. The summed E-state index contributed by atoms with van der Waals surface area (Å²) in [5, 5.41) is 4.86. The number of aryl methyl sites for hydroxylation is 1. The molecule has 0 unspecified atom stereocenters. The minimum Gasteiger partial charge on any atom is -0.341 e. The normalized spacial score (nSPS) is 11.0. The maximum Gasteiger partial charge on any atom is 0.221 e. The van der Waals surface area contributed by atoms with E-state index in [9.17, 15) is 4.79 Å². The summed E-state index contributed by atoms with van der Waals surface area (Å²) in [4.78, 5) is 11.4. The van der Waals surface area contributed by atoms with Crippen LogP contribution in [0.3, 0.4) is 0 Å². The van der Waals surface area contributed by atoms with Gasteiger partial charge in [0.05, 0.1) is 15.7 Å². The standard InChI is InChI=1S/C17H16N2OS/c1-3-19-14-9-5-4-7-12(14)17(21)16-13(18-11(2)20)8-6-10-15(16)19/h4-10H,3H2,1-2H3,(H,18,20). The summed E-state index contributed by atoms with van der Waals surface area (Å²) in [5.41, 5.74) is 2.95. The summed E-state index contributed by atoms with van der Waals surface area (Å²) >= 11 is 5.68. The van der Waals surface area contributed by atoms with Gasteiger partial charge in [0.1, 0.15) is 0 Å². The molecule has 1 aromatic heterocycles. The number of rotatable bonds is 2. The zero-order chi connectivity index (χ0) is 15.0. The van der Waals surface area contributed by atoms with Crippen LogP contribution in [-0.4, -0.2) is 10.5 Å². The quantitative estimate of drug-likeness (QED) is 0.558. The maximum atomic E-state index is 11.4. The van der Waals surface area contributed by atoms with Crippen molar-refractivity contribution in [2.24, 2.45) is 0 Å². The molecule has 0 saturated heterocycles. The number of fused-ring (bicyclic) bond motifs is 2. The van der Waals surface area contributed by atoms with E-state index in [-0.39, 0.29) is 5.91 Å². The third-order valence-corrected chi connectivity index (χ3v) is 4.05. The first kappa shape index (κ1) is 13.8. The SMILES string of the molecule is CCn1c2ccccc2c(=S)c2c(NC(C)=O)cccc21. The lowest BCUT2D eigenvalue weighted by atomic mass is 10.1. The van der Waals surface area contributed by atoms with E-state index in [4.69, 9.17) is 12.2 Å². The Morgan fingerprint density at radius 3 is 2.57 bits per heavy atom. The Balaban J connectivity index is 2.54. The average Bonchev–Trinajstić information content (AvgIpc) is 2.47. The third kappa shape index (κ3) is 2.21. The molecule has 1 N–H and O–H groups in total. The van der Waals surface area contributed by atoms with Crippen molar-refractivity contribution in [1.82, 2.24) is 4.57 Å². The van der Waals surface area contributed by atoms with Crippen LogP contribution >= 0.6 is 12.2 Å². The van der Waals surface area contributed by atoms with Gasteiger partial charge in [-0.15, -0.1) is 0 Å². The average molecular weight is 296 g/mol. The van der Waals surface area contributed by atoms with Gasteiger partial charge in [-0.1, -0.05) is 36.5 Å². The van der Waals surface area contributed by atoms with E-state index in [0.717, 1.165) is 38.5 Å². The maximum absolute atomic E-state index is 11.4. The fourth-order valence-corrected chi connectivity index (χ4v) is 3.19. The predicted molar refractivity (Wildman–Crippen MR) is 90.3 cm³/mol. The van der Waals surface area contributed by atoms with E-state index in [2.05, 4.69) is 22.9 Å². The van der Waals surface area contributed by atoms with Crippen LogP contribution in [-0.2, 0) is 11.3 Å². The molecule has 0 aliphatic rings. The number of amides is 1. The Labute approximate surface area is 128 Å². The summed E-state index contributed by atoms with van der Waals surface area (Å²) in [6.07, 6.45) is 0. The predicted octanol–water partition coefficient (Wildman–Crippen LogP) is 4.50. The smallest absolute Gasteiger partial charge is 0.221 e. The third-order valence-electron chi connectivity index (χ3n) is 3.63. The molecule has 21 heavy (non-hydrogen) atoms. The minimum atomic E-state index is -0.0897. The van der Waals surface area contributed by atoms with Crippen molar-refractivity contribution < 1.29 is 4.79 Å². The number of carbonyl (C=O) groups is 1. The Bertz CT molecular complexity index is 912. The lowest BCUT2D eigenvalue weighted by Crippen LogP contribution is -2.08. The molecule has 3 nitrogen and oxygen atoms in total. The van der Waals surface area contributed by atoms with Gasteiger partial charge in [0, 0.05) is 29.8 Å². The van der Waals surface area contributed by atoms with Crippen LogP contribution in [0.4, 0.5) is 5.69 Å². The van der Waals surface area contributed by atoms with Gasteiger partial charge in [0.2, 0.25) is 5.91 Å². The van der Waals surface area contributed by atoms with E-state index in [1.807, 2.05) is 36.4 Å². The van der Waals surface area contributed by atoms with Crippen LogP contribution in [0.1, 0.15) is 13.8 Å². The molecule has 4 heteroatoms. The molecular weight excluding hydrogens is 280 g/mol. The number of benzene rings is 2. The zero-order valence-electron chi connectivity index (χ0n) is 12.0. The molecule has 0 fully saturated rings. The lowest BCUT2D eigenvalue weighted by Gasteiger charge is -2.16. The van der Waals surface area contributed by atoms with Crippen molar-refractivity contribution in [3.05, 3.63) is 47.0 Å². The van der Waals surface area contributed by atoms with Crippen LogP contribution in [0.25, 0.3) is 21.8 Å². The molecule has 1 amide bonds. The second-order valence-corrected chi connectivity index (χ2v) is 5.38. The Morgan fingerprint density at radius 2 is 1.86 bits per heavy atom. The molecule has 3 aromatic rings. The first-order valence-corrected chi connectivity index (χ1v) is 7.36. The largest absolute Gasteiger partial charge is 0.341 e. The van der Waals surface area contributed by atoms with Crippen molar-refractivity contribution in [1.29, 1.82) is 0 Å². The van der Waals surface area contributed by atoms with Gasteiger partial charge in [-0.05, 0) is 25.1 Å². The van der Waals surface area contributed by atoms with Gasteiger partial charge < -0.3 is 9.88 Å². The van der Waals surface area contributed by atoms with E-state index < -0.39 is 0 Å². The fraction of sp³-hybridized carbons (Fsp3) is 0.176. The van der Waals surface area contributed by atoms with Crippen LogP contribution in [0, 0.1) is 4.51 Å². The highest BCUT2D eigenvalue weighted by Crippen LogP contribution is 2.30. The highest BCUT2D eigenvalue weighted by Gasteiger charge is 2.11. The van der Waals surface area contributed by atoms with E-state index in [1.54, 1.807) is 0 Å². The summed E-state index contributed by atoms with van der Waals surface area (Å²) < 4.78 is 3.01. The van der Waals surface area contributed by atoms with Crippen molar-refractivity contribution in [2.75, 3.05) is 5.32 Å². The molecular formula is C17H16N2OS. The minimum absolute atomic E-state index is 0.0897. The van der Waals surface area contributed by atoms with Gasteiger partial charge in [-0.3, -0.25) is 4.79 Å². The van der Waals surface area contributed by atoms with E-state index in [1.165, 1.54) is 6.92 Å². The number of nitrogens with zero attached hydrogens (tertiary/aromatic N) is 1. The van der Waals surface area contributed by atoms with Crippen molar-refractivity contribution >= 4 is 45.6 Å². The number of para-hydroxylation sites is 1. The van der Waals surface area contributed by atoms with Crippen LogP contribution in [0.15, 0.2) is 42.5 Å². The molecule has 0 atom stereocenters. The monoisotopic (exact) mass is 296 g/mol. The summed E-state index contributed by atoms with van der Waals surface area (Å²) in [5.74, 6) is -0.0897. The molecule has 1 heterocycles. The van der Waals surface area contributed by atoms with Crippen molar-refractivity contribution in [2.45, 2.75) is 20.4 Å². The Morgan fingerprint density at radius 1 is 1.14 bits per heavy atom. The molecule has 2 aromatic carbocycles. The summed E-state index contributed by atoms with van der Waals surface area (Å²) in [6.45, 7) is 4.47. The molecule has 0 aliphatic heterocycles. The number of pyridine rings is 1. The van der Waals surface area contributed by atoms with Crippen molar-refractivity contribution in [3.8, 4) is 0 Å². The number of carbonyl (C=O) groups excluding carboxylic acids is 1. The van der Waals surface area contributed by atoms with Gasteiger partial charge in [-0.2, -0.15) is 0 Å². The van der Waals surface area contributed by atoms with Gasteiger partial charge in [0.15, 0.2) is 0 Å². The van der Waals surface area contributed by atoms with Gasteiger partial charge in [0.25, 0.3) is 0 Å². The number of aromatic nitrogens is 1. The summed E-state index contributed by atoms with van der Waals surface area (Å²) in [6, 6.07) is 14.0. The molecule has 3 rings (SSSR count). The number of hydrogen-bond donors (Lipinski definition) is 1. The number of anilines is 1. The highest BCUT2D eigenvalue weighted by molar-refractivity contribution is 7.72. The zero-order valence-corrected chi connectivity index (χ0v) is 12.8. The fourth-order valence-electron chi connectivity index (χ4n) is 2.80. The van der Waals surface area contributed by atoms with Gasteiger partial charge in [-0.25, -0.2) is 0 Å².